The fraction of sp³-hybridized carbons (Fsp3) is 0.500. The zero-order valence-corrected chi connectivity index (χ0v) is 10.7. The molecule has 2 nitrogen and oxygen atoms in total. The summed E-state index contributed by atoms with van der Waals surface area (Å²) in [7, 11) is 0. The highest BCUT2D eigenvalue weighted by molar-refractivity contribution is 5.91. The average Bonchev–Trinajstić information content (AvgIpc) is 3.04. The third-order valence-electron chi connectivity index (χ3n) is 4.73. The first-order valence-corrected chi connectivity index (χ1v) is 6.88. The smallest absolute Gasteiger partial charge is 0.157 e. The number of hydrogen-bond acceptors (Lipinski definition) is 2. The number of benzene rings is 1. The monoisotopic (exact) mass is 257 g/mol. The lowest BCUT2D eigenvalue weighted by Crippen LogP contribution is -2.26. The zero-order valence-electron chi connectivity index (χ0n) is 10.7. The van der Waals surface area contributed by atoms with Gasteiger partial charge in [-0.3, -0.25) is 4.79 Å². The van der Waals surface area contributed by atoms with Gasteiger partial charge in [0.15, 0.2) is 5.78 Å². The van der Waals surface area contributed by atoms with Gasteiger partial charge in [-0.1, -0.05) is 24.6 Å². The van der Waals surface area contributed by atoms with Gasteiger partial charge in [0, 0.05) is 11.5 Å². The van der Waals surface area contributed by atoms with Crippen molar-refractivity contribution in [1.29, 1.82) is 5.26 Å². The van der Waals surface area contributed by atoms with Crippen molar-refractivity contribution in [2.24, 2.45) is 17.8 Å². The van der Waals surface area contributed by atoms with Gasteiger partial charge in [0.25, 0.3) is 0 Å². The van der Waals surface area contributed by atoms with E-state index in [0.717, 1.165) is 19.3 Å². The quantitative estimate of drug-likeness (QED) is 0.832. The van der Waals surface area contributed by atoms with Gasteiger partial charge in [0.05, 0.1) is 6.07 Å². The van der Waals surface area contributed by atoms with Gasteiger partial charge in [-0.2, -0.15) is 5.26 Å². The molecule has 0 radical (unpaired) electrons. The van der Waals surface area contributed by atoms with Crippen LogP contribution in [0.1, 0.15) is 37.2 Å². The molecule has 4 unspecified atom stereocenters. The lowest BCUT2D eigenvalue weighted by molar-refractivity contribution is -0.124. The molecule has 2 aliphatic rings. The second-order valence-electron chi connectivity index (χ2n) is 5.77. The van der Waals surface area contributed by atoms with E-state index in [1.807, 2.05) is 6.07 Å². The second-order valence-corrected chi connectivity index (χ2v) is 5.77. The van der Waals surface area contributed by atoms with E-state index in [1.165, 1.54) is 12.5 Å². The molecule has 19 heavy (non-hydrogen) atoms. The van der Waals surface area contributed by atoms with Crippen LogP contribution in [0, 0.1) is 34.9 Å². The fourth-order valence-electron chi connectivity index (χ4n) is 3.80. The molecule has 98 valence electrons. The molecule has 0 saturated heterocycles. The molecule has 0 N–H and O–H groups in total. The summed E-state index contributed by atoms with van der Waals surface area (Å²) < 4.78 is 13.8. The van der Waals surface area contributed by atoms with Crippen LogP contribution in [0.25, 0.3) is 0 Å². The van der Waals surface area contributed by atoms with Crippen molar-refractivity contribution in [3.05, 3.63) is 35.6 Å². The summed E-state index contributed by atoms with van der Waals surface area (Å²) in [6.07, 6.45) is 4.32. The van der Waals surface area contributed by atoms with Crippen molar-refractivity contribution in [3.8, 4) is 6.07 Å². The molecule has 2 bridgehead atoms. The number of nitriles is 1. The van der Waals surface area contributed by atoms with Crippen molar-refractivity contribution < 1.29 is 9.18 Å². The van der Waals surface area contributed by atoms with Gasteiger partial charge >= 0.3 is 0 Å². The summed E-state index contributed by atoms with van der Waals surface area (Å²) in [6, 6.07) is 8.13. The predicted molar refractivity (Wildman–Crippen MR) is 68.7 cm³/mol. The van der Waals surface area contributed by atoms with E-state index in [2.05, 4.69) is 0 Å². The number of hydrogen-bond donors (Lipinski definition) is 0. The van der Waals surface area contributed by atoms with Gasteiger partial charge in [0.2, 0.25) is 0 Å². The van der Waals surface area contributed by atoms with Gasteiger partial charge in [-0.15, -0.1) is 0 Å². The van der Waals surface area contributed by atoms with Crippen LogP contribution in [-0.2, 0) is 4.79 Å². The Morgan fingerprint density at radius 1 is 1.32 bits per heavy atom. The molecule has 3 heteroatoms. The molecule has 1 aromatic carbocycles. The Hall–Kier alpha value is -1.69. The second kappa shape index (κ2) is 4.77. The van der Waals surface area contributed by atoms with E-state index in [-0.39, 0.29) is 17.3 Å². The molecule has 2 fully saturated rings. The number of Topliss-reactive ketones (excluding diaryl/α,β-unsaturated/α-hetero) is 1. The summed E-state index contributed by atoms with van der Waals surface area (Å²) in [5.74, 6) is -0.405. The van der Waals surface area contributed by atoms with Crippen LogP contribution in [0.15, 0.2) is 24.3 Å². The molecule has 0 heterocycles. The molecule has 2 saturated carbocycles. The minimum Gasteiger partial charge on any atom is -0.298 e. The van der Waals surface area contributed by atoms with E-state index in [0.29, 0.717) is 11.8 Å². The molecule has 0 spiro atoms. The molecule has 0 aromatic heterocycles. The Morgan fingerprint density at radius 2 is 2.11 bits per heavy atom. The lowest BCUT2D eigenvalue weighted by atomic mass is 9.79. The van der Waals surface area contributed by atoms with Crippen LogP contribution in [0.4, 0.5) is 4.39 Å². The van der Waals surface area contributed by atoms with E-state index in [1.54, 1.807) is 18.2 Å². The summed E-state index contributed by atoms with van der Waals surface area (Å²) in [6.45, 7) is 0. The summed E-state index contributed by atoms with van der Waals surface area (Å²) in [4.78, 5) is 12.5. The number of halogens is 1. The first-order chi connectivity index (χ1) is 9.20. The maximum Gasteiger partial charge on any atom is 0.157 e. The van der Waals surface area contributed by atoms with Crippen LogP contribution >= 0.6 is 0 Å². The van der Waals surface area contributed by atoms with Crippen molar-refractivity contribution in [2.45, 2.75) is 31.6 Å². The normalized spacial score (nSPS) is 30.0. The molecule has 2 aliphatic carbocycles. The number of nitrogens with zero attached hydrogens (tertiary/aromatic N) is 1. The maximum absolute atomic E-state index is 13.8. The third-order valence-corrected chi connectivity index (χ3v) is 4.73. The Labute approximate surface area is 112 Å². The van der Waals surface area contributed by atoms with Crippen LogP contribution in [0.2, 0.25) is 0 Å². The topological polar surface area (TPSA) is 40.9 Å². The van der Waals surface area contributed by atoms with Crippen molar-refractivity contribution in [2.75, 3.05) is 0 Å². The van der Waals surface area contributed by atoms with Crippen molar-refractivity contribution >= 4 is 5.78 Å². The Bertz CT molecular complexity index is 548. The predicted octanol–water partition coefficient (Wildman–Crippen LogP) is 3.44. The fourth-order valence-corrected chi connectivity index (χ4v) is 3.80. The van der Waals surface area contributed by atoms with Crippen LogP contribution in [0.3, 0.4) is 0 Å². The number of carbonyl (C=O) groups is 1. The largest absolute Gasteiger partial charge is 0.298 e. The molecule has 0 aliphatic heterocycles. The minimum absolute atomic E-state index is 0.0250. The first-order valence-electron chi connectivity index (χ1n) is 6.88. The maximum atomic E-state index is 13.8. The Morgan fingerprint density at radius 3 is 2.68 bits per heavy atom. The highest BCUT2D eigenvalue weighted by Crippen LogP contribution is 2.49. The molecule has 3 rings (SSSR count). The van der Waals surface area contributed by atoms with E-state index in [9.17, 15) is 14.4 Å². The SMILES string of the molecule is N#CC(C(=O)C1CC2CCC1C2)c1ccccc1F. The van der Waals surface area contributed by atoms with Gasteiger partial charge < -0.3 is 0 Å². The molecule has 1 aromatic rings. The highest BCUT2D eigenvalue weighted by atomic mass is 19.1. The number of fused-ring (bicyclic) bond motifs is 2. The molecule has 4 atom stereocenters. The van der Waals surface area contributed by atoms with E-state index in [4.69, 9.17) is 0 Å². The summed E-state index contributed by atoms with van der Waals surface area (Å²) in [5, 5.41) is 9.27. The minimum atomic E-state index is -0.939. The number of ketones is 1. The molecule has 0 amide bonds. The number of carbonyl (C=O) groups excluding carboxylic acids is 1. The third kappa shape index (κ3) is 2.06. The van der Waals surface area contributed by atoms with Gasteiger partial charge in [-0.25, -0.2) is 4.39 Å². The number of rotatable bonds is 3. The average molecular weight is 257 g/mol. The van der Waals surface area contributed by atoms with Crippen LogP contribution in [-0.4, -0.2) is 5.78 Å². The van der Waals surface area contributed by atoms with E-state index >= 15 is 0 Å². The standard InChI is InChI=1S/C16H16FNO/c17-15-4-2-1-3-12(15)14(9-18)16(19)13-8-10-5-6-11(13)7-10/h1-4,10-11,13-14H,5-8H2. The first kappa shape index (κ1) is 12.3. The Kier molecular flexibility index (Phi) is 3.10. The van der Waals surface area contributed by atoms with Crippen molar-refractivity contribution in [1.82, 2.24) is 0 Å². The van der Waals surface area contributed by atoms with Crippen molar-refractivity contribution in [3.63, 3.8) is 0 Å². The van der Waals surface area contributed by atoms with Crippen LogP contribution < -0.4 is 0 Å². The summed E-state index contributed by atoms with van der Waals surface area (Å²) >= 11 is 0. The van der Waals surface area contributed by atoms with Crippen LogP contribution in [0.5, 0.6) is 0 Å². The van der Waals surface area contributed by atoms with Gasteiger partial charge in [-0.05, 0) is 37.2 Å². The summed E-state index contributed by atoms with van der Waals surface area (Å²) in [5.41, 5.74) is 0.234. The molecular formula is C16H16FNO. The molecular weight excluding hydrogens is 241 g/mol. The highest BCUT2D eigenvalue weighted by Gasteiger charge is 2.45. The van der Waals surface area contributed by atoms with Gasteiger partial charge in [0.1, 0.15) is 11.7 Å². The zero-order chi connectivity index (χ0) is 13.4. The Balaban J connectivity index is 1.86. The lowest BCUT2D eigenvalue weighted by Gasteiger charge is -2.22. The van der Waals surface area contributed by atoms with E-state index < -0.39 is 11.7 Å².